The summed E-state index contributed by atoms with van der Waals surface area (Å²) in [6, 6.07) is 8.75. The molecule has 0 heterocycles. The molecule has 4 N–H and O–H groups in total. The van der Waals surface area contributed by atoms with Crippen LogP contribution in [0.25, 0.3) is 6.08 Å². The number of nitrogens with two attached hydrogens (primary N) is 1. The summed E-state index contributed by atoms with van der Waals surface area (Å²) in [5.41, 5.74) is 5.67. The van der Waals surface area contributed by atoms with Crippen molar-refractivity contribution in [3.63, 3.8) is 0 Å². The minimum atomic E-state index is -3.59. The van der Waals surface area contributed by atoms with E-state index >= 15 is 0 Å². The Hall–Kier alpha value is -1.42. The van der Waals surface area contributed by atoms with Gasteiger partial charge in [0.15, 0.2) is 0 Å². The minimum Gasteiger partial charge on any atom is -0.478 e. The first-order valence-electron chi connectivity index (χ1n) is 4.94. The summed E-state index contributed by atoms with van der Waals surface area (Å²) in [6.07, 6.45) is 0.529. The van der Waals surface area contributed by atoms with Gasteiger partial charge in [0.1, 0.15) is 0 Å². The number of hydrogen-bond acceptors (Lipinski definition) is 3. The van der Waals surface area contributed by atoms with Crippen LogP contribution in [0.2, 0.25) is 0 Å². The van der Waals surface area contributed by atoms with Crippen LogP contribution in [0.3, 0.4) is 0 Å². The first-order chi connectivity index (χ1) is 7.94. The zero-order chi connectivity index (χ0) is 12.9. The monoisotopic (exact) mass is 255 g/mol. The van der Waals surface area contributed by atoms with E-state index in [-0.39, 0.29) is 5.57 Å². The van der Waals surface area contributed by atoms with E-state index in [2.05, 4.69) is 0 Å². The van der Waals surface area contributed by atoms with Crippen LogP contribution in [-0.2, 0) is 9.36 Å². The van der Waals surface area contributed by atoms with E-state index in [1.54, 1.807) is 30.3 Å². The third-order valence-electron chi connectivity index (χ3n) is 2.12. The van der Waals surface area contributed by atoms with Crippen molar-refractivity contribution in [1.82, 2.24) is 0 Å². The molecule has 0 saturated carbocycles. The van der Waals surface area contributed by atoms with Gasteiger partial charge in [0.25, 0.3) is 0 Å². The molecule has 0 aliphatic carbocycles. The quantitative estimate of drug-likeness (QED) is 0.544. The second-order valence-electron chi connectivity index (χ2n) is 3.57. The highest BCUT2D eigenvalue weighted by Gasteiger charge is 2.21. The van der Waals surface area contributed by atoms with E-state index in [0.29, 0.717) is 5.56 Å². The van der Waals surface area contributed by atoms with Gasteiger partial charge < -0.3 is 15.7 Å². The van der Waals surface area contributed by atoms with Crippen LogP contribution in [0.5, 0.6) is 0 Å². The Labute approximate surface area is 99.0 Å². The van der Waals surface area contributed by atoms with Crippen molar-refractivity contribution in [2.45, 2.75) is 0 Å². The molecule has 0 aliphatic rings. The molecule has 0 aliphatic heterocycles. The van der Waals surface area contributed by atoms with Crippen LogP contribution in [0.15, 0.2) is 35.9 Å². The highest BCUT2D eigenvalue weighted by molar-refractivity contribution is 7.58. The van der Waals surface area contributed by atoms with Crippen LogP contribution in [0.4, 0.5) is 0 Å². The molecule has 1 atom stereocenters. The Morgan fingerprint density at radius 1 is 1.35 bits per heavy atom. The molecule has 0 aromatic heterocycles. The van der Waals surface area contributed by atoms with E-state index < -0.39 is 25.8 Å². The molecule has 0 amide bonds. The van der Waals surface area contributed by atoms with Gasteiger partial charge in [-0.2, -0.15) is 0 Å². The van der Waals surface area contributed by atoms with Crippen molar-refractivity contribution < 1.29 is 19.4 Å². The van der Waals surface area contributed by atoms with Crippen LogP contribution in [-0.4, -0.2) is 28.4 Å². The van der Waals surface area contributed by atoms with Crippen molar-refractivity contribution in [2.75, 3.05) is 12.4 Å². The van der Waals surface area contributed by atoms with E-state index in [0.717, 1.165) is 0 Å². The average Bonchev–Trinajstić information content (AvgIpc) is 2.29. The molecule has 0 bridgehead atoms. The molecule has 0 radical (unpaired) electrons. The highest BCUT2D eigenvalue weighted by atomic mass is 31.2. The normalized spacial score (nSPS) is 15.3. The smallest absolute Gasteiger partial charge is 0.332 e. The van der Waals surface area contributed by atoms with Gasteiger partial charge in [0, 0.05) is 5.57 Å². The summed E-state index contributed by atoms with van der Waals surface area (Å²) in [5.74, 6) is -1.21. The maximum atomic E-state index is 11.4. The molecular weight excluding hydrogens is 241 g/mol. The van der Waals surface area contributed by atoms with E-state index in [9.17, 15) is 14.3 Å². The second kappa shape index (κ2) is 5.77. The Morgan fingerprint density at radius 3 is 2.41 bits per heavy atom. The first kappa shape index (κ1) is 13.6. The maximum Gasteiger partial charge on any atom is 0.332 e. The van der Waals surface area contributed by atoms with E-state index in [1.165, 1.54) is 6.08 Å². The standard InChI is InChI=1S/C11H14NO4P/c12-8-17(15,16)7-10(11(13)14)6-9-4-2-1-3-5-9/h1-6H,7-8,12H2,(H,13,14)(H,15,16)/b10-6+. The number of benzene rings is 1. The van der Waals surface area contributed by atoms with Gasteiger partial charge in [-0.25, -0.2) is 4.79 Å². The zero-order valence-corrected chi connectivity index (χ0v) is 10.0. The minimum absolute atomic E-state index is 0.118. The van der Waals surface area contributed by atoms with Crippen LogP contribution in [0, 0.1) is 0 Å². The van der Waals surface area contributed by atoms with Crippen molar-refractivity contribution in [3.05, 3.63) is 41.5 Å². The van der Waals surface area contributed by atoms with Crippen LogP contribution in [0.1, 0.15) is 5.56 Å². The highest BCUT2D eigenvalue weighted by Crippen LogP contribution is 2.40. The summed E-state index contributed by atoms with van der Waals surface area (Å²) in [4.78, 5) is 20.3. The third kappa shape index (κ3) is 4.53. The topological polar surface area (TPSA) is 101 Å². The molecule has 1 rings (SSSR count). The van der Waals surface area contributed by atoms with Gasteiger partial charge in [-0.15, -0.1) is 0 Å². The lowest BCUT2D eigenvalue weighted by Gasteiger charge is -2.09. The number of carboxylic acids is 1. The zero-order valence-electron chi connectivity index (χ0n) is 9.11. The first-order valence-corrected chi connectivity index (χ1v) is 6.97. The molecule has 1 unspecified atom stereocenters. The number of rotatable bonds is 5. The van der Waals surface area contributed by atoms with Gasteiger partial charge in [-0.1, -0.05) is 30.3 Å². The molecule has 6 heteroatoms. The summed E-state index contributed by atoms with van der Waals surface area (Å²) in [7, 11) is -3.59. The average molecular weight is 255 g/mol. The van der Waals surface area contributed by atoms with Gasteiger partial charge >= 0.3 is 5.97 Å². The van der Waals surface area contributed by atoms with Crippen LogP contribution < -0.4 is 5.73 Å². The molecule has 0 fully saturated rings. The molecule has 1 aromatic rings. The molecule has 0 saturated heterocycles. The van der Waals surface area contributed by atoms with E-state index in [4.69, 9.17) is 10.8 Å². The maximum absolute atomic E-state index is 11.4. The molecule has 17 heavy (non-hydrogen) atoms. The summed E-state index contributed by atoms with van der Waals surface area (Å²) in [6.45, 7) is 0. The SMILES string of the molecule is NCP(=O)(O)C/C(=C\c1ccccc1)C(=O)O. The van der Waals surface area contributed by atoms with Gasteiger partial charge in [0.05, 0.1) is 12.4 Å². The second-order valence-corrected chi connectivity index (χ2v) is 5.95. The lowest BCUT2D eigenvalue weighted by Crippen LogP contribution is -2.10. The lowest BCUT2D eigenvalue weighted by atomic mass is 10.1. The van der Waals surface area contributed by atoms with Gasteiger partial charge in [-0.05, 0) is 11.6 Å². The van der Waals surface area contributed by atoms with Crippen molar-refractivity contribution in [1.29, 1.82) is 0 Å². The Morgan fingerprint density at radius 2 is 1.94 bits per heavy atom. The molecular formula is C11H14NO4P. The molecule has 1 aromatic carbocycles. The van der Waals surface area contributed by atoms with Gasteiger partial charge in [0.2, 0.25) is 7.37 Å². The predicted molar refractivity (Wildman–Crippen MR) is 65.8 cm³/mol. The summed E-state index contributed by atoms with van der Waals surface area (Å²) >= 11 is 0. The van der Waals surface area contributed by atoms with Crippen molar-refractivity contribution in [3.8, 4) is 0 Å². The fourth-order valence-corrected chi connectivity index (χ4v) is 2.14. The number of carboxylic acid groups (broad SMARTS) is 1. The lowest BCUT2D eigenvalue weighted by molar-refractivity contribution is -0.132. The molecule has 0 spiro atoms. The Bertz CT molecular complexity index is 470. The molecule has 92 valence electrons. The van der Waals surface area contributed by atoms with E-state index in [1.807, 2.05) is 0 Å². The Kier molecular flexibility index (Phi) is 4.63. The number of aliphatic carboxylic acids is 1. The van der Waals surface area contributed by atoms with Crippen molar-refractivity contribution in [2.24, 2.45) is 5.73 Å². The Balaban J connectivity index is 2.99. The number of hydrogen-bond donors (Lipinski definition) is 3. The fraction of sp³-hybridized carbons (Fsp3) is 0.182. The fourth-order valence-electron chi connectivity index (χ4n) is 1.26. The third-order valence-corrected chi connectivity index (χ3v) is 3.52. The van der Waals surface area contributed by atoms with Crippen molar-refractivity contribution >= 4 is 19.4 Å². The largest absolute Gasteiger partial charge is 0.478 e. The van der Waals surface area contributed by atoms with Crippen LogP contribution >= 0.6 is 7.37 Å². The molecule has 5 nitrogen and oxygen atoms in total. The predicted octanol–water partition coefficient (Wildman–Crippen LogP) is 1.34. The summed E-state index contributed by atoms with van der Waals surface area (Å²) in [5, 5.41) is 8.95. The summed E-state index contributed by atoms with van der Waals surface area (Å²) < 4.78 is 11.4. The van der Waals surface area contributed by atoms with Gasteiger partial charge in [-0.3, -0.25) is 4.57 Å². The number of carbonyl (C=O) groups is 1.